The molecule has 1 fully saturated rings. The fraction of sp³-hybridized carbons (Fsp3) is 0.929. The molecule has 1 aliphatic heterocycles. The van der Waals surface area contributed by atoms with Crippen LogP contribution in [0.25, 0.3) is 0 Å². The molecule has 1 saturated heterocycles. The van der Waals surface area contributed by atoms with Crippen molar-refractivity contribution in [3.8, 4) is 0 Å². The van der Waals surface area contributed by atoms with Gasteiger partial charge in [0.1, 0.15) is 5.78 Å². The molecule has 0 amide bonds. The number of rotatable bonds is 8. The number of ketones is 1. The van der Waals surface area contributed by atoms with E-state index in [2.05, 4.69) is 0 Å². The molecule has 1 heterocycles. The van der Waals surface area contributed by atoms with Crippen molar-refractivity contribution >= 4 is 5.78 Å². The van der Waals surface area contributed by atoms with Crippen LogP contribution in [0.3, 0.4) is 0 Å². The zero-order valence-corrected chi connectivity index (χ0v) is 12.9. The number of aliphatic hydroxyl groups excluding tert-OH is 1. The maximum absolute atomic E-state index is 11.7. The summed E-state index contributed by atoms with van der Waals surface area (Å²) in [6, 6.07) is -0.573. The van der Waals surface area contributed by atoms with Crippen LogP contribution < -0.4 is 5.73 Å². The Hall–Kier alpha value is -0.530. The van der Waals surface area contributed by atoms with Gasteiger partial charge in [-0.3, -0.25) is 9.69 Å². The van der Waals surface area contributed by atoms with Crippen molar-refractivity contribution < 1.29 is 19.4 Å². The highest BCUT2D eigenvalue weighted by Gasteiger charge is 2.43. The highest BCUT2D eigenvalue weighted by molar-refractivity contribution is 5.81. The van der Waals surface area contributed by atoms with Crippen molar-refractivity contribution in [1.82, 2.24) is 4.90 Å². The van der Waals surface area contributed by atoms with Crippen molar-refractivity contribution in [2.45, 2.75) is 51.6 Å². The van der Waals surface area contributed by atoms with Gasteiger partial charge >= 0.3 is 0 Å². The van der Waals surface area contributed by atoms with Crippen LogP contribution in [0.5, 0.6) is 0 Å². The molecule has 1 aliphatic rings. The third-order valence-corrected chi connectivity index (χ3v) is 4.04. The average molecular weight is 288 g/mol. The summed E-state index contributed by atoms with van der Waals surface area (Å²) in [6.07, 6.45) is 0.441. The molecular formula is C14H28N2O4. The molecule has 3 N–H and O–H groups in total. The molecule has 5 atom stereocenters. The highest BCUT2D eigenvalue weighted by atomic mass is 16.7. The normalized spacial score (nSPS) is 30.4. The van der Waals surface area contributed by atoms with E-state index in [0.29, 0.717) is 19.6 Å². The van der Waals surface area contributed by atoms with Gasteiger partial charge in [0.2, 0.25) is 0 Å². The number of aliphatic hydroxyl groups is 1. The predicted molar refractivity (Wildman–Crippen MR) is 76.2 cm³/mol. The van der Waals surface area contributed by atoms with E-state index in [0.717, 1.165) is 0 Å². The first-order valence-corrected chi connectivity index (χ1v) is 7.24. The molecule has 0 saturated carbocycles. The van der Waals surface area contributed by atoms with Gasteiger partial charge in [-0.1, -0.05) is 0 Å². The van der Waals surface area contributed by atoms with Crippen LogP contribution in [0.15, 0.2) is 0 Å². The largest absolute Gasteiger partial charge is 0.395 e. The van der Waals surface area contributed by atoms with Crippen molar-refractivity contribution in [1.29, 1.82) is 0 Å². The molecule has 0 bridgehead atoms. The van der Waals surface area contributed by atoms with Crippen LogP contribution in [0, 0.1) is 5.92 Å². The number of hydrogen-bond donors (Lipinski definition) is 2. The zero-order chi connectivity index (χ0) is 15.3. The zero-order valence-electron chi connectivity index (χ0n) is 12.9. The van der Waals surface area contributed by atoms with E-state index >= 15 is 0 Å². The van der Waals surface area contributed by atoms with Gasteiger partial charge in [-0.05, 0) is 34.2 Å². The maximum atomic E-state index is 11.7. The lowest BCUT2D eigenvalue weighted by atomic mass is 9.94. The van der Waals surface area contributed by atoms with Crippen molar-refractivity contribution in [2.75, 3.05) is 26.9 Å². The second kappa shape index (κ2) is 8.05. The van der Waals surface area contributed by atoms with Crippen LogP contribution in [-0.4, -0.2) is 67.1 Å². The predicted octanol–water partition coefficient (Wildman–Crippen LogP) is -0.0170. The summed E-state index contributed by atoms with van der Waals surface area (Å²) in [5.74, 6) is 0.252. The Morgan fingerprint density at radius 2 is 2.15 bits per heavy atom. The topological polar surface area (TPSA) is 85.0 Å². The van der Waals surface area contributed by atoms with Gasteiger partial charge in [-0.25, -0.2) is 0 Å². The molecule has 0 aromatic heterocycles. The molecule has 1 rings (SSSR count). The number of ether oxygens (including phenoxy) is 2. The summed E-state index contributed by atoms with van der Waals surface area (Å²) in [5, 5.41) is 9.32. The fourth-order valence-corrected chi connectivity index (χ4v) is 3.05. The van der Waals surface area contributed by atoms with Crippen LogP contribution in [0.2, 0.25) is 0 Å². The number of carbonyl (C=O) groups is 1. The molecule has 20 heavy (non-hydrogen) atoms. The Labute approximate surface area is 121 Å². The van der Waals surface area contributed by atoms with Crippen molar-refractivity contribution in [2.24, 2.45) is 11.7 Å². The summed E-state index contributed by atoms with van der Waals surface area (Å²) in [7, 11) is 1.89. The Bertz CT molecular complexity index is 314. The lowest BCUT2D eigenvalue weighted by Gasteiger charge is -2.31. The van der Waals surface area contributed by atoms with E-state index in [1.54, 1.807) is 6.92 Å². The highest BCUT2D eigenvalue weighted by Crippen LogP contribution is 2.31. The first kappa shape index (κ1) is 17.5. The second-order valence-electron chi connectivity index (χ2n) is 5.48. The van der Waals surface area contributed by atoms with Crippen LogP contribution >= 0.6 is 0 Å². The smallest absolute Gasteiger partial charge is 0.154 e. The molecule has 5 unspecified atom stereocenters. The third kappa shape index (κ3) is 4.23. The molecule has 0 aromatic rings. The molecule has 6 heteroatoms. The average Bonchev–Trinajstić information content (AvgIpc) is 2.73. The molecule has 118 valence electrons. The van der Waals surface area contributed by atoms with E-state index < -0.39 is 0 Å². The van der Waals surface area contributed by atoms with Gasteiger partial charge in [-0.2, -0.15) is 0 Å². The van der Waals surface area contributed by atoms with Crippen LogP contribution in [0.1, 0.15) is 27.2 Å². The standard InChI is InChI=1S/C14H28N2O4/c1-5-19-10(3)20-8-11-6-13(9(2)18)16(4)14(11)12(15)7-17/h10-14,17H,5-8,15H2,1-4H3. The summed E-state index contributed by atoms with van der Waals surface area (Å²) in [5.41, 5.74) is 6.00. The number of Topliss-reactive ketones (excluding diaryl/α,β-unsaturated/α-hetero) is 1. The summed E-state index contributed by atoms with van der Waals surface area (Å²) < 4.78 is 11.0. The number of nitrogens with zero attached hydrogens (tertiary/aromatic N) is 1. The Balaban J connectivity index is 2.68. The number of carbonyl (C=O) groups excluding carboxylic acids is 1. The minimum Gasteiger partial charge on any atom is -0.395 e. The minimum absolute atomic E-state index is 0.0530. The molecule has 0 radical (unpaired) electrons. The lowest BCUT2D eigenvalue weighted by Crippen LogP contribution is -2.50. The Kier molecular flexibility index (Phi) is 7.05. The molecule has 0 spiro atoms. The first-order valence-electron chi connectivity index (χ1n) is 7.24. The fourth-order valence-electron chi connectivity index (χ4n) is 3.05. The van der Waals surface area contributed by atoms with Gasteiger partial charge in [0.05, 0.1) is 19.3 Å². The third-order valence-electron chi connectivity index (χ3n) is 4.04. The van der Waals surface area contributed by atoms with Crippen LogP contribution in [-0.2, 0) is 14.3 Å². The summed E-state index contributed by atoms with van der Waals surface area (Å²) in [6.45, 7) is 6.34. The number of likely N-dealkylation sites (N-methyl/N-ethyl adjacent to an activating group) is 1. The summed E-state index contributed by atoms with van der Waals surface area (Å²) in [4.78, 5) is 13.7. The molecule has 6 nitrogen and oxygen atoms in total. The number of likely N-dealkylation sites (tertiary alicyclic amines) is 1. The van der Waals surface area contributed by atoms with Gasteiger partial charge in [-0.15, -0.1) is 0 Å². The van der Waals surface area contributed by atoms with E-state index in [4.69, 9.17) is 15.2 Å². The van der Waals surface area contributed by atoms with Gasteiger partial charge in [0.15, 0.2) is 6.29 Å². The van der Waals surface area contributed by atoms with E-state index in [9.17, 15) is 9.90 Å². The minimum atomic E-state index is -0.375. The van der Waals surface area contributed by atoms with Crippen molar-refractivity contribution in [3.05, 3.63) is 0 Å². The lowest BCUT2D eigenvalue weighted by molar-refractivity contribution is -0.137. The van der Waals surface area contributed by atoms with Gasteiger partial charge in [0.25, 0.3) is 0 Å². The summed E-state index contributed by atoms with van der Waals surface area (Å²) >= 11 is 0. The van der Waals surface area contributed by atoms with E-state index in [1.807, 2.05) is 25.8 Å². The Morgan fingerprint density at radius 1 is 1.50 bits per heavy atom. The second-order valence-corrected chi connectivity index (χ2v) is 5.48. The Morgan fingerprint density at radius 3 is 2.65 bits per heavy atom. The number of nitrogens with two attached hydrogens (primary N) is 1. The molecule has 0 aliphatic carbocycles. The van der Waals surface area contributed by atoms with Gasteiger partial charge < -0.3 is 20.3 Å². The van der Waals surface area contributed by atoms with E-state index in [-0.39, 0.29) is 42.7 Å². The van der Waals surface area contributed by atoms with Gasteiger partial charge in [0, 0.05) is 24.6 Å². The molecular weight excluding hydrogens is 260 g/mol. The maximum Gasteiger partial charge on any atom is 0.154 e. The van der Waals surface area contributed by atoms with E-state index in [1.165, 1.54) is 0 Å². The monoisotopic (exact) mass is 288 g/mol. The van der Waals surface area contributed by atoms with Crippen molar-refractivity contribution in [3.63, 3.8) is 0 Å². The SMILES string of the molecule is CCOC(C)OCC1CC(C(C)=O)N(C)C1C(N)CO. The first-order chi connectivity index (χ1) is 9.42. The molecule has 0 aromatic carbocycles. The van der Waals surface area contributed by atoms with Crippen LogP contribution in [0.4, 0.5) is 0 Å². The quantitative estimate of drug-likeness (QED) is 0.611. The number of hydrogen-bond acceptors (Lipinski definition) is 6.